The van der Waals surface area contributed by atoms with E-state index in [1.807, 2.05) is 18.2 Å². The molecule has 2 aromatic carbocycles. The first-order valence-corrected chi connectivity index (χ1v) is 10.0. The number of nitrogens with two attached hydrogens (primary N) is 1. The van der Waals surface area contributed by atoms with Gasteiger partial charge >= 0.3 is 6.16 Å². The van der Waals surface area contributed by atoms with Gasteiger partial charge in [0.1, 0.15) is 5.75 Å². The van der Waals surface area contributed by atoms with Crippen molar-refractivity contribution in [2.24, 2.45) is 11.7 Å². The molecule has 0 aliphatic carbocycles. The summed E-state index contributed by atoms with van der Waals surface area (Å²) in [5.41, 5.74) is 9.05. The van der Waals surface area contributed by atoms with Gasteiger partial charge in [-0.25, -0.2) is 4.79 Å². The molecule has 3 rings (SSSR count). The number of para-hydroxylation sites is 1. The van der Waals surface area contributed by atoms with E-state index in [2.05, 4.69) is 13.0 Å². The lowest BCUT2D eigenvalue weighted by molar-refractivity contribution is -0.120. The smallest absolute Gasteiger partial charge is 0.434 e. The third-order valence-electron chi connectivity index (χ3n) is 4.86. The molecule has 1 unspecified atom stereocenters. The molecule has 0 spiro atoms. The highest BCUT2D eigenvalue weighted by Gasteiger charge is 2.29. The first kappa shape index (κ1) is 21.1. The number of anilines is 1. The van der Waals surface area contributed by atoms with Gasteiger partial charge in [-0.2, -0.15) is 0 Å². The average molecular weight is 417 g/mol. The van der Waals surface area contributed by atoms with Crippen LogP contribution in [0.4, 0.5) is 10.5 Å². The predicted octanol–water partition coefficient (Wildman–Crippen LogP) is 3.97. The molecule has 0 radical (unpaired) electrons. The van der Waals surface area contributed by atoms with Gasteiger partial charge in [-0.1, -0.05) is 42.8 Å². The fourth-order valence-electron chi connectivity index (χ4n) is 3.53. The van der Waals surface area contributed by atoms with Crippen molar-refractivity contribution < 1.29 is 19.1 Å². The minimum absolute atomic E-state index is 0.132. The van der Waals surface area contributed by atoms with E-state index in [1.54, 1.807) is 24.0 Å². The molecule has 0 aromatic heterocycles. The lowest BCUT2D eigenvalue weighted by Crippen LogP contribution is -2.48. The maximum absolute atomic E-state index is 13.1. The number of amides is 1. The number of carbonyl (C=O) groups is 2. The van der Waals surface area contributed by atoms with E-state index in [0.717, 1.165) is 17.7 Å². The summed E-state index contributed by atoms with van der Waals surface area (Å²) in [6.07, 6.45) is 0.439. The highest BCUT2D eigenvalue weighted by Crippen LogP contribution is 2.30. The van der Waals surface area contributed by atoms with Crippen LogP contribution in [0.2, 0.25) is 5.02 Å². The van der Waals surface area contributed by atoms with E-state index < -0.39 is 12.2 Å². The van der Waals surface area contributed by atoms with Crippen LogP contribution in [0.3, 0.4) is 0 Å². The molecule has 2 aromatic rings. The predicted molar refractivity (Wildman–Crippen MR) is 112 cm³/mol. The molecule has 2 N–H and O–H groups in total. The molecule has 0 saturated carbocycles. The second-order valence-corrected chi connectivity index (χ2v) is 7.64. The number of ether oxygens (including phenoxy) is 2. The summed E-state index contributed by atoms with van der Waals surface area (Å²) in [5.74, 6) is 0.506. The molecule has 6 nitrogen and oxygen atoms in total. The molecule has 1 aliphatic rings. The number of fused-ring (bicyclic) bond motifs is 1. The SMILES string of the molecule is CCOC(=O)Oc1ccc(C[C@@H](N)C(=O)N2CC(C)Cc3ccccc32)c(Cl)c1. The molecular formula is C22H25ClN2O4. The summed E-state index contributed by atoms with van der Waals surface area (Å²) < 4.78 is 9.78. The van der Waals surface area contributed by atoms with Gasteiger partial charge in [0.2, 0.25) is 5.91 Å². The zero-order valence-electron chi connectivity index (χ0n) is 16.6. The van der Waals surface area contributed by atoms with Gasteiger partial charge in [-0.15, -0.1) is 0 Å². The van der Waals surface area contributed by atoms with Crippen molar-refractivity contribution in [2.75, 3.05) is 18.1 Å². The number of nitrogens with zero attached hydrogens (tertiary/aromatic N) is 1. The van der Waals surface area contributed by atoms with E-state index in [0.29, 0.717) is 23.0 Å². The van der Waals surface area contributed by atoms with Gasteiger partial charge in [-0.05, 0) is 55.0 Å². The lowest BCUT2D eigenvalue weighted by atomic mass is 9.93. The summed E-state index contributed by atoms with van der Waals surface area (Å²) in [5, 5.41) is 0.377. The van der Waals surface area contributed by atoms with Crippen LogP contribution >= 0.6 is 11.6 Å². The first-order chi connectivity index (χ1) is 13.9. The molecule has 29 heavy (non-hydrogen) atoms. The number of halogens is 1. The van der Waals surface area contributed by atoms with Crippen molar-refractivity contribution in [1.29, 1.82) is 0 Å². The van der Waals surface area contributed by atoms with Gasteiger partial charge in [0.25, 0.3) is 0 Å². The second kappa shape index (κ2) is 9.29. The second-order valence-electron chi connectivity index (χ2n) is 7.24. The molecule has 2 atom stereocenters. The molecule has 154 valence electrons. The van der Waals surface area contributed by atoms with E-state index in [4.69, 9.17) is 26.8 Å². The number of hydrogen-bond donors (Lipinski definition) is 1. The lowest BCUT2D eigenvalue weighted by Gasteiger charge is -2.34. The van der Waals surface area contributed by atoms with E-state index in [1.165, 1.54) is 6.07 Å². The Hall–Kier alpha value is -2.57. The molecule has 0 fully saturated rings. The Bertz CT molecular complexity index is 902. The highest BCUT2D eigenvalue weighted by molar-refractivity contribution is 6.31. The minimum Gasteiger partial charge on any atom is -0.434 e. The Labute approximate surface area is 175 Å². The maximum atomic E-state index is 13.1. The molecule has 1 heterocycles. The summed E-state index contributed by atoms with van der Waals surface area (Å²) >= 11 is 6.32. The van der Waals surface area contributed by atoms with Gasteiger partial charge < -0.3 is 20.1 Å². The number of carbonyl (C=O) groups excluding carboxylic acids is 2. The highest BCUT2D eigenvalue weighted by atomic mass is 35.5. The topological polar surface area (TPSA) is 81.9 Å². The molecule has 0 saturated heterocycles. The Kier molecular flexibility index (Phi) is 6.77. The minimum atomic E-state index is -0.791. The number of rotatable bonds is 5. The Morgan fingerprint density at radius 1 is 1.28 bits per heavy atom. The van der Waals surface area contributed by atoms with E-state index in [-0.39, 0.29) is 24.7 Å². The molecule has 1 aliphatic heterocycles. The van der Waals surface area contributed by atoms with Gasteiger partial charge in [-0.3, -0.25) is 4.79 Å². The summed E-state index contributed by atoms with van der Waals surface area (Å²) in [6, 6.07) is 12.0. The maximum Gasteiger partial charge on any atom is 0.513 e. The fraction of sp³-hybridized carbons (Fsp3) is 0.364. The van der Waals surface area contributed by atoms with Crippen molar-refractivity contribution in [3.63, 3.8) is 0 Å². The molecule has 7 heteroatoms. The van der Waals surface area contributed by atoms with E-state index in [9.17, 15) is 9.59 Å². The Morgan fingerprint density at radius 3 is 2.76 bits per heavy atom. The quantitative estimate of drug-likeness (QED) is 0.589. The van der Waals surface area contributed by atoms with Gasteiger partial charge in [0.05, 0.1) is 12.6 Å². The third kappa shape index (κ3) is 5.08. The van der Waals surface area contributed by atoms with Crippen LogP contribution in [0.15, 0.2) is 42.5 Å². The zero-order valence-corrected chi connectivity index (χ0v) is 17.3. The van der Waals surface area contributed by atoms with Gasteiger partial charge in [0, 0.05) is 17.3 Å². The third-order valence-corrected chi connectivity index (χ3v) is 5.21. The summed E-state index contributed by atoms with van der Waals surface area (Å²) in [7, 11) is 0. The molecular weight excluding hydrogens is 392 g/mol. The van der Waals surface area contributed by atoms with Crippen molar-refractivity contribution in [3.8, 4) is 5.75 Å². The van der Waals surface area contributed by atoms with Crippen LogP contribution in [0, 0.1) is 5.92 Å². The monoisotopic (exact) mass is 416 g/mol. The van der Waals surface area contributed by atoms with Crippen molar-refractivity contribution in [1.82, 2.24) is 0 Å². The summed E-state index contributed by atoms with van der Waals surface area (Å²) in [4.78, 5) is 26.3. The fourth-order valence-corrected chi connectivity index (χ4v) is 3.78. The van der Waals surface area contributed by atoms with Crippen molar-refractivity contribution in [3.05, 3.63) is 58.6 Å². The van der Waals surface area contributed by atoms with Crippen LogP contribution < -0.4 is 15.4 Å². The number of hydrogen-bond acceptors (Lipinski definition) is 5. The molecule has 1 amide bonds. The van der Waals surface area contributed by atoms with Crippen LogP contribution in [0.5, 0.6) is 5.75 Å². The standard InChI is InChI=1S/C22H25ClN2O4/c1-3-28-22(27)29-17-9-8-15(18(23)12-17)11-19(24)21(26)25-13-14(2)10-16-6-4-5-7-20(16)25/h4-9,12,14,19H,3,10-11,13,24H2,1-2H3/t14?,19-/m1/s1. The van der Waals surface area contributed by atoms with Crippen molar-refractivity contribution >= 4 is 29.4 Å². The van der Waals surface area contributed by atoms with E-state index >= 15 is 0 Å². The Balaban J connectivity index is 1.71. The average Bonchev–Trinajstić information content (AvgIpc) is 2.68. The van der Waals surface area contributed by atoms with Crippen LogP contribution in [-0.2, 0) is 22.4 Å². The zero-order chi connectivity index (χ0) is 21.0. The van der Waals surface area contributed by atoms with Crippen LogP contribution in [-0.4, -0.2) is 31.3 Å². The normalized spacial score (nSPS) is 16.7. The first-order valence-electron chi connectivity index (χ1n) is 9.67. The Morgan fingerprint density at radius 2 is 2.03 bits per heavy atom. The van der Waals surface area contributed by atoms with Crippen LogP contribution in [0.25, 0.3) is 0 Å². The van der Waals surface area contributed by atoms with Crippen LogP contribution in [0.1, 0.15) is 25.0 Å². The van der Waals surface area contributed by atoms with Crippen molar-refractivity contribution in [2.45, 2.75) is 32.7 Å². The number of benzene rings is 2. The molecule has 0 bridgehead atoms. The van der Waals surface area contributed by atoms with Gasteiger partial charge in [0.15, 0.2) is 0 Å². The largest absolute Gasteiger partial charge is 0.513 e. The summed E-state index contributed by atoms with van der Waals surface area (Å²) in [6.45, 7) is 4.68.